The molecule has 4 rings (SSSR count). The highest BCUT2D eigenvalue weighted by Gasteiger charge is 2.21. The molecule has 1 saturated heterocycles. The van der Waals surface area contributed by atoms with Gasteiger partial charge in [0.25, 0.3) is 0 Å². The minimum absolute atomic E-state index is 0.00414. The zero-order valence-electron chi connectivity index (χ0n) is 14.2. The molecule has 25 heavy (non-hydrogen) atoms. The van der Waals surface area contributed by atoms with Crippen molar-refractivity contribution in [1.82, 2.24) is 15.1 Å². The lowest BCUT2D eigenvalue weighted by atomic mass is 10.1. The van der Waals surface area contributed by atoms with Crippen molar-refractivity contribution in [3.63, 3.8) is 0 Å². The summed E-state index contributed by atoms with van der Waals surface area (Å²) in [7, 11) is 0. The molecule has 132 valence electrons. The van der Waals surface area contributed by atoms with Crippen molar-refractivity contribution >= 4 is 6.03 Å². The third-order valence-electron chi connectivity index (χ3n) is 4.84. The van der Waals surface area contributed by atoms with Gasteiger partial charge >= 0.3 is 6.03 Å². The molecule has 0 saturated carbocycles. The first-order valence-electron chi connectivity index (χ1n) is 8.79. The van der Waals surface area contributed by atoms with Crippen molar-refractivity contribution in [2.24, 2.45) is 0 Å². The van der Waals surface area contributed by atoms with Gasteiger partial charge in [-0.3, -0.25) is 4.90 Å². The van der Waals surface area contributed by atoms with Crippen molar-refractivity contribution in [3.8, 4) is 5.75 Å². The molecule has 2 aliphatic heterocycles. The van der Waals surface area contributed by atoms with Crippen molar-refractivity contribution in [3.05, 3.63) is 53.5 Å². The van der Waals surface area contributed by atoms with Crippen LogP contribution in [0.3, 0.4) is 0 Å². The van der Waals surface area contributed by atoms with Crippen LogP contribution in [0, 0.1) is 0 Å². The summed E-state index contributed by atoms with van der Waals surface area (Å²) in [5.74, 6) is 1.03. The molecule has 2 amide bonds. The third-order valence-corrected chi connectivity index (χ3v) is 4.84. The predicted molar refractivity (Wildman–Crippen MR) is 93.4 cm³/mol. The van der Waals surface area contributed by atoms with Gasteiger partial charge in [0.2, 0.25) is 0 Å². The number of benzene rings is 1. The lowest BCUT2D eigenvalue weighted by Crippen LogP contribution is -2.51. The van der Waals surface area contributed by atoms with Crippen LogP contribution in [0.2, 0.25) is 0 Å². The number of urea groups is 1. The number of furan rings is 1. The van der Waals surface area contributed by atoms with Crippen LogP contribution in [0.4, 0.5) is 4.79 Å². The predicted octanol–water partition coefficient (Wildman–Crippen LogP) is 2.24. The van der Waals surface area contributed by atoms with E-state index in [1.165, 1.54) is 11.1 Å². The van der Waals surface area contributed by atoms with Gasteiger partial charge in [0.15, 0.2) is 0 Å². The van der Waals surface area contributed by atoms with Gasteiger partial charge in [-0.2, -0.15) is 0 Å². The van der Waals surface area contributed by atoms with Crippen molar-refractivity contribution in [2.45, 2.75) is 19.5 Å². The second-order valence-corrected chi connectivity index (χ2v) is 6.59. The maximum absolute atomic E-state index is 12.2. The number of rotatable bonds is 4. The Morgan fingerprint density at radius 1 is 1.12 bits per heavy atom. The fourth-order valence-corrected chi connectivity index (χ4v) is 3.39. The molecule has 1 N–H and O–H groups in total. The summed E-state index contributed by atoms with van der Waals surface area (Å²) in [5, 5.41) is 2.94. The van der Waals surface area contributed by atoms with Gasteiger partial charge in [0, 0.05) is 51.3 Å². The molecule has 0 bridgehead atoms. The van der Waals surface area contributed by atoms with Gasteiger partial charge in [-0.15, -0.1) is 0 Å². The van der Waals surface area contributed by atoms with Crippen LogP contribution in [0.15, 0.2) is 41.2 Å². The Hall–Kier alpha value is -2.47. The molecule has 1 aromatic carbocycles. The monoisotopic (exact) mass is 341 g/mol. The molecule has 2 aliphatic rings. The number of carbonyl (C=O) groups excluding carboxylic acids is 1. The summed E-state index contributed by atoms with van der Waals surface area (Å²) in [5.41, 5.74) is 3.62. The SMILES string of the molecule is O=C(NCc1ccoc1)N1CCN(Cc2ccc3c(c2)CCO3)CC1. The van der Waals surface area contributed by atoms with Crippen molar-refractivity contribution in [2.75, 3.05) is 32.8 Å². The molecule has 3 heterocycles. The minimum atomic E-state index is -0.00414. The highest BCUT2D eigenvalue weighted by atomic mass is 16.5. The number of piperazine rings is 1. The van der Waals surface area contributed by atoms with E-state index < -0.39 is 0 Å². The first-order valence-corrected chi connectivity index (χ1v) is 8.79. The van der Waals surface area contributed by atoms with Gasteiger partial charge in [0.05, 0.1) is 19.1 Å². The topological polar surface area (TPSA) is 58.0 Å². The minimum Gasteiger partial charge on any atom is -0.493 e. The molecule has 0 radical (unpaired) electrons. The van der Waals surface area contributed by atoms with Gasteiger partial charge in [-0.1, -0.05) is 12.1 Å². The van der Waals surface area contributed by atoms with E-state index in [1.54, 1.807) is 12.5 Å². The smallest absolute Gasteiger partial charge is 0.317 e. The van der Waals surface area contributed by atoms with Crippen LogP contribution in [-0.4, -0.2) is 48.6 Å². The van der Waals surface area contributed by atoms with E-state index in [4.69, 9.17) is 9.15 Å². The first-order chi connectivity index (χ1) is 12.3. The Morgan fingerprint density at radius 2 is 2.00 bits per heavy atom. The highest BCUT2D eigenvalue weighted by Crippen LogP contribution is 2.26. The number of nitrogens with one attached hydrogen (secondary N) is 1. The quantitative estimate of drug-likeness (QED) is 0.927. The Balaban J connectivity index is 1.24. The average molecular weight is 341 g/mol. The number of carbonyl (C=O) groups is 1. The third kappa shape index (κ3) is 3.79. The van der Waals surface area contributed by atoms with Crippen molar-refractivity contribution in [1.29, 1.82) is 0 Å². The number of hydrogen-bond acceptors (Lipinski definition) is 4. The molecule has 1 fully saturated rings. The lowest BCUT2D eigenvalue weighted by Gasteiger charge is -2.34. The number of fused-ring (bicyclic) bond motifs is 1. The second-order valence-electron chi connectivity index (χ2n) is 6.59. The summed E-state index contributed by atoms with van der Waals surface area (Å²) in [4.78, 5) is 16.5. The number of nitrogens with zero attached hydrogens (tertiary/aromatic N) is 2. The maximum Gasteiger partial charge on any atom is 0.317 e. The number of hydrogen-bond donors (Lipinski definition) is 1. The van der Waals surface area contributed by atoms with E-state index in [2.05, 4.69) is 28.4 Å². The fourth-order valence-electron chi connectivity index (χ4n) is 3.39. The largest absolute Gasteiger partial charge is 0.493 e. The van der Waals surface area contributed by atoms with E-state index in [0.717, 1.165) is 57.1 Å². The van der Waals surface area contributed by atoms with E-state index in [1.807, 2.05) is 11.0 Å². The zero-order valence-corrected chi connectivity index (χ0v) is 14.2. The Labute approximate surface area is 147 Å². The molecule has 1 aromatic heterocycles. The summed E-state index contributed by atoms with van der Waals surface area (Å²) >= 11 is 0. The van der Waals surface area contributed by atoms with Crippen molar-refractivity contribution < 1.29 is 13.9 Å². The summed E-state index contributed by atoms with van der Waals surface area (Å²) in [6, 6.07) is 8.34. The molecular formula is C19H23N3O3. The molecule has 0 aliphatic carbocycles. The summed E-state index contributed by atoms with van der Waals surface area (Å²) < 4.78 is 10.6. The van der Waals surface area contributed by atoms with E-state index in [-0.39, 0.29) is 6.03 Å². The first kappa shape index (κ1) is 16.0. The van der Waals surface area contributed by atoms with Crippen LogP contribution in [0.5, 0.6) is 5.75 Å². The average Bonchev–Trinajstić information content (AvgIpc) is 3.31. The maximum atomic E-state index is 12.2. The zero-order chi connectivity index (χ0) is 17.1. The van der Waals surface area contributed by atoms with E-state index in [0.29, 0.717) is 6.54 Å². The number of amides is 2. The molecule has 6 nitrogen and oxygen atoms in total. The Kier molecular flexibility index (Phi) is 4.61. The standard InChI is InChI=1S/C19H23N3O3/c23-19(20-12-16-3-9-24-14-16)22-7-5-21(6-8-22)13-15-1-2-18-17(11-15)4-10-25-18/h1-3,9,11,14H,4-8,10,12-13H2,(H,20,23). The lowest BCUT2D eigenvalue weighted by molar-refractivity contribution is 0.135. The second kappa shape index (κ2) is 7.19. The molecule has 0 unspecified atom stereocenters. The Morgan fingerprint density at radius 3 is 2.80 bits per heavy atom. The van der Waals surface area contributed by atoms with Crippen LogP contribution in [-0.2, 0) is 19.5 Å². The molecular weight excluding hydrogens is 318 g/mol. The molecule has 0 spiro atoms. The van der Waals surface area contributed by atoms with Gasteiger partial charge in [0.1, 0.15) is 5.75 Å². The fraction of sp³-hybridized carbons (Fsp3) is 0.421. The normalized spacial score (nSPS) is 17.2. The summed E-state index contributed by atoms with van der Waals surface area (Å²) in [6.07, 6.45) is 4.28. The molecule has 0 atom stereocenters. The van der Waals surface area contributed by atoms with Crippen LogP contribution < -0.4 is 10.1 Å². The van der Waals surface area contributed by atoms with Gasteiger partial charge in [-0.05, 0) is 23.3 Å². The van der Waals surface area contributed by atoms with Crippen LogP contribution in [0.1, 0.15) is 16.7 Å². The van der Waals surface area contributed by atoms with Gasteiger partial charge in [-0.25, -0.2) is 4.79 Å². The van der Waals surface area contributed by atoms with Crippen LogP contribution in [0.25, 0.3) is 0 Å². The van der Waals surface area contributed by atoms with Crippen LogP contribution >= 0.6 is 0 Å². The summed E-state index contributed by atoms with van der Waals surface area (Å²) in [6.45, 7) is 5.53. The van der Waals surface area contributed by atoms with Gasteiger partial charge < -0.3 is 19.4 Å². The molecule has 6 heteroatoms. The van der Waals surface area contributed by atoms with E-state index in [9.17, 15) is 4.79 Å². The molecule has 2 aromatic rings. The van der Waals surface area contributed by atoms with E-state index >= 15 is 0 Å². The Bertz CT molecular complexity index is 722. The highest BCUT2D eigenvalue weighted by molar-refractivity contribution is 5.74. The number of ether oxygens (including phenoxy) is 1.